The van der Waals surface area contributed by atoms with Gasteiger partial charge in [-0.2, -0.15) is 0 Å². The molecular formula is C26H34N4O3. The first kappa shape index (κ1) is 23.2. The Labute approximate surface area is 195 Å². The molecule has 2 aromatic carbocycles. The molecule has 4 rings (SSSR count). The van der Waals surface area contributed by atoms with Gasteiger partial charge in [-0.3, -0.25) is 4.79 Å². The molecule has 0 bridgehead atoms. The Balaban J connectivity index is 1.56. The molecule has 33 heavy (non-hydrogen) atoms. The van der Waals surface area contributed by atoms with Crippen LogP contribution in [-0.2, 0) is 9.53 Å². The second-order valence-corrected chi connectivity index (χ2v) is 9.30. The maximum Gasteiger partial charge on any atom is 0.315 e. The summed E-state index contributed by atoms with van der Waals surface area (Å²) in [6.07, 6.45) is 7.37. The number of hydrogen-bond donors (Lipinski definition) is 0. The predicted molar refractivity (Wildman–Crippen MR) is 128 cm³/mol. The first-order chi connectivity index (χ1) is 15.9. The summed E-state index contributed by atoms with van der Waals surface area (Å²) in [5, 5.41) is 10.5. The molecule has 1 aliphatic rings. The molecule has 0 amide bonds. The number of esters is 1. The summed E-state index contributed by atoms with van der Waals surface area (Å²) in [6, 6.07) is 12.9. The molecule has 176 valence electrons. The molecule has 3 aromatic rings. The van der Waals surface area contributed by atoms with E-state index < -0.39 is 5.41 Å². The van der Waals surface area contributed by atoms with Gasteiger partial charge in [0.1, 0.15) is 17.8 Å². The van der Waals surface area contributed by atoms with E-state index in [1.165, 1.54) is 5.56 Å². The average molecular weight is 451 g/mol. The maximum atomic E-state index is 12.6. The Morgan fingerprint density at radius 1 is 1.15 bits per heavy atom. The minimum atomic E-state index is -0.512. The van der Waals surface area contributed by atoms with E-state index in [9.17, 15) is 4.79 Å². The fourth-order valence-corrected chi connectivity index (χ4v) is 4.78. The molecule has 1 aliphatic carbocycles. The van der Waals surface area contributed by atoms with Crippen LogP contribution >= 0.6 is 0 Å². The van der Waals surface area contributed by atoms with Gasteiger partial charge in [0.15, 0.2) is 0 Å². The zero-order valence-electron chi connectivity index (χ0n) is 20.0. The number of aromatic nitrogens is 3. The molecule has 0 spiro atoms. The lowest BCUT2D eigenvalue weighted by Crippen LogP contribution is -2.36. The SMILES string of the molecule is CCOC(=O)C1(COc2ccc3cc(C(C(C)N(C)C)n4ccnn4)ccc3c2)CCCC1. The van der Waals surface area contributed by atoms with Crippen molar-refractivity contribution in [2.24, 2.45) is 5.41 Å². The molecule has 1 aromatic heterocycles. The lowest BCUT2D eigenvalue weighted by molar-refractivity contribution is -0.157. The summed E-state index contributed by atoms with van der Waals surface area (Å²) in [7, 11) is 4.15. The zero-order valence-corrected chi connectivity index (χ0v) is 20.0. The van der Waals surface area contributed by atoms with Crippen molar-refractivity contribution in [1.82, 2.24) is 19.9 Å². The summed E-state index contributed by atoms with van der Waals surface area (Å²) in [5.41, 5.74) is 0.664. The van der Waals surface area contributed by atoms with Crippen LogP contribution in [0.2, 0.25) is 0 Å². The normalized spacial score (nSPS) is 17.2. The number of hydrogen-bond acceptors (Lipinski definition) is 6. The van der Waals surface area contributed by atoms with Gasteiger partial charge in [-0.15, -0.1) is 5.10 Å². The highest BCUT2D eigenvalue weighted by molar-refractivity contribution is 5.84. The van der Waals surface area contributed by atoms with E-state index >= 15 is 0 Å². The van der Waals surface area contributed by atoms with Crippen molar-refractivity contribution in [3.63, 3.8) is 0 Å². The van der Waals surface area contributed by atoms with Crippen LogP contribution in [0.4, 0.5) is 0 Å². The van der Waals surface area contributed by atoms with Gasteiger partial charge in [0.25, 0.3) is 0 Å². The Hall–Kier alpha value is -2.93. The Morgan fingerprint density at radius 2 is 1.88 bits per heavy atom. The molecule has 7 heteroatoms. The zero-order chi connectivity index (χ0) is 23.4. The van der Waals surface area contributed by atoms with Crippen molar-refractivity contribution in [3.05, 3.63) is 54.4 Å². The summed E-state index contributed by atoms with van der Waals surface area (Å²) >= 11 is 0. The molecule has 7 nitrogen and oxygen atoms in total. The van der Waals surface area contributed by atoms with Crippen molar-refractivity contribution >= 4 is 16.7 Å². The highest BCUT2D eigenvalue weighted by Gasteiger charge is 2.43. The van der Waals surface area contributed by atoms with Crippen LogP contribution in [0, 0.1) is 5.41 Å². The summed E-state index contributed by atoms with van der Waals surface area (Å²) < 4.78 is 13.4. The Morgan fingerprint density at radius 3 is 2.55 bits per heavy atom. The number of ether oxygens (including phenoxy) is 2. The predicted octanol–water partition coefficient (Wildman–Crippen LogP) is 4.47. The van der Waals surface area contributed by atoms with Gasteiger partial charge in [0.05, 0.1) is 18.8 Å². The van der Waals surface area contributed by atoms with E-state index in [-0.39, 0.29) is 18.1 Å². The molecule has 2 unspecified atom stereocenters. The van der Waals surface area contributed by atoms with Gasteiger partial charge in [-0.05, 0) is 75.3 Å². The lowest BCUT2D eigenvalue weighted by atomic mass is 9.87. The first-order valence-corrected chi connectivity index (χ1v) is 11.8. The van der Waals surface area contributed by atoms with Crippen LogP contribution < -0.4 is 4.74 Å². The second kappa shape index (κ2) is 9.91. The lowest BCUT2D eigenvalue weighted by Gasteiger charge is -2.29. The number of benzene rings is 2. The monoisotopic (exact) mass is 450 g/mol. The van der Waals surface area contributed by atoms with Crippen molar-refractivity contribution in [1.29, 1.82) is 0 Å². The van der Waals surface area contributed by atoms with Crippen LogP contribution in [0.5, 0.6) is 5.75 Å². The molecule has 0 saturated heterocycles. The minimum Gasteiger partial charge on any atom is -0.492 e. The van der Waals surface area contributed by atoms with Crippen LogP contribution in [0.1, 0.15) is 51.1 Å². The molecule has 0 aliphatic heterocycles. The van der Waals surface area contributed by atoms with Gasteiger partial charge in [-0.1, -0.05) is 36.3 Å². The molecule has 2 atom stereocenters. The van der Waals surface area contributed by atoms with Crippen molar-refractivity contribution < 1.29 is 14.3 Å². The highest BCUT2D eigenvalue weighted by atomic mass is 16.5. The van der Waals surface area contributed by atoms with Gasteiger partial charge in [0, 0.05) is 12.2 Å². The van der Waals surface area contributed by atoms with Crippen LogP contribution in [-0.4, -0.2) is 59.2 Å². The largest absolute Gasteiger partial charge is 0.492 e. The molecular weight excluding hydrogens is 416 g/mol. The van der Waals surface area contributed by atoms with Crippen LogP contribution in [0.25, 0.3) is 10.8 Å². The van der Waals surface area contributed by atoms with Crippen LogP contribution in [0.15, 0.2) is 48.8 Å². The quantitative estimate of drug-likeness (QED) is 0.448. The molecule has 0 N–H and O–H groups in total. The minimum absolute atomic E-state index is 0.0506. The topological polar surface area (TPSA) is 69.5 Å². The molecule has 1 saturated carbocycles. The first-order valence-electron chi connectivity index (χ1n) is 11.8. The number of carbonyl (C=O) groups excluding carboxylic acids is 1. The van der Waals surface area contributed by atoms with Gasteiger partial charge in [0.2, 0.25) is 0 Å². The van der Waals surface area contributed by atoms with E-state index in [4.69, 9.17) is 9.47 Å². The third-order valence-electron chi connectivity index (χ3n) is 6.96. The summed E-state index contributed by atoms with van der Waals surface area (Å²) in [5.74, 6) is 0.655. The molecule has 1 heterocycles. The van der Waals surface area contributed by atoms with Crippen molar-refractivity contribution in [2.75, 3.05) is 27.3 Å². The average Bonchev–Trinajstić information content (AvgIpc) is 3.51. The summed E-state index contributed by atoms with van der Waals surface area (Å²) in [6.45, 7) is 4.81. The van der Waals surface area contributed by atoms with Crippen LogP contribution in [0.3, 0.4) is 0 Å². The smallest absolute Gasteiger partial charge is 0.315 e. The standard InChI is InChI=1S/C26H34N4O3/c1-5-32-25(31)26(12-6-7-13-26)18-33-23-11-10-20-16-22(9-8-21(20)17-23)24(19(2)29(3)4)30-15-14-27-28-30/h8-11,14-17,19,24H,5-7,12-13,18H2,1-4H3. The maximum absolute atomic E-state index is 12.6. The fraction of sp³-hybridized carbons (Fsp3) is 0.500. The fourth-order valence-electron chi connectivity index (χ4n) is 4.78. The molecule has 1 fully saturated rings. The Kier molecular flexibility index (Phi) is 6.98. The van der Waals surface area contributed by atoms with E-state index in [2.05, 4.69) is 60.5 Å². The van der Waals surface area contributed by atoms with E-state index in [0.29, 0.717) is 13.2 Å². The highest BCUT2D eigenvalue weighted by Crippen LogP contribution is 2.40. The third kappa shape index (κ3) is 4.88. The van der Waals surface area contributed by atoms with Gasteiger partial charge >= 0.3 is 5.97 Å². The number of rotatable bonds is 9. The van der Waals surface area contributed by atoms with E-state index in [1.807, 2.05) is 29.9 Å². The third-order valence-corrected chi connectivity index (χ3v) is 6.96. The number of fused-ring (bicyclic) bond motifs is 1. The van der Waals surface area contributed by atoms with Gasteiger partial charge in [-0.25, -0.2) is 4.68 Å². The van der Waals surface area contributed by atoms with E-state index in [0.717, 1.165) is 42.2 Å². The van der Waals surface area contributed by atoms with Crippen molar-refractivity contribution in [2.45, 2.75) is 51.6 Å². The number of carbonyl (C=O) groups is 1. The van der Waals surface area contributed by atoms with Crippen molar-refractivity contribution in [3.8, 4) is 5.75 Å². The van der Waals surface area contributed by atoms with E-state index in [1.54, 1.807) is 6.20 Å². The van der Waals surface area contributed by atoms with Gasteiger partial charge < -0.3 is 14.4 Å². The summed E-state index contributed by atoms with van der Waals surface area (Å²) in [4.78, 5) is 14.8. The second-order valence-electron chi connectivity index (χ2n) is 9.30. The Bertz CT molecular complexity index is 1070. The number of nitrogens with zero attached hydrogens (tertiary/aromatic N) is 4. The molecule has 0 radical (unpaired) electrons. The number of likely N-dealkylation sites (N-methyl/N-ethyl adjacent to an activating group) is 1.